The van der Waals surface area contributed by atoms with Crippen molar-refractivity contribution in [2.75, 3.05) is 32.6 Å². The Morgan fingerprint density at radius 2 is 2.00 bits per heavy atom. The second kappa shape index (κ2) is 8.33. The lowest BCUT2D eigenvalue weighted by atomic mass is 9.86. The molecule has 1 aliphatic rings. The highest BCUT2D eigenvalue weighted by atomic mass is 19.1. The van der Waals surface area contributed by atoms with E-state index in [0.29, 0.717) is 12.2 Å². The van der Waals surface area contributed by atoms with Gasteiger partial charge in [-0.1, -0.05) is 18.9 Å². The molecule has 0 radical (unpaired) electrons. The molecule has 1 aromatic carbocycles. The Morgan fingerprint density at radius 1 is 1.29 bits per heavy atom. The largest absolute Gasteiger partial charge is 0.393 e. The van der Waals surface area contributed by atoms with Crippen molar-refractivity contribution in [3.8, 4) is 0 Å². The van der Waals surface area contributed by atoms with Gasteiger partial charge in [-0.3, -0.25) is 0 Å². The standard InChI is InChI=1S/C18H28FN3O2/c1-21(2)16-9-8-13(10-15(16)19)11-20-18(24)22(3)12-14-6-4-5-7-17(14)23/h8-10,14,17,23H,4-7,11-12H2,1-3H3,(H,20,24). The molecule has 2 unspecified atom stereocenters. The van der Waals surface area contributed by atoms with Gasteiger partial charge in [0, 0.05) is 40.2 Å². The average molecular weight is 337 g/mol. The molecule has 0 aliphatic heterocycles. The van der Waals surface area contributed by atoms with Crippen molar-refractivity contribution in [2.45, 2.75) is 38.3 Å². The third kappa shape index (κ3) is 4.84. The van der Waals surface area contributed by atoms with E-state index in [-0.39, 0.29) is 30.4 Å². The van der Waals surface area contributed by atoms with Crippen LogP contribution in [0.2, 0.25) is 0 Å². The van der Waals surface area contributed by atoms with E-state index < -0.39 is 0 Å². The van der Waals surface area contributed by atoms with E-state index in [9.17, 15) is 14.3 Å². The third-order valence-corrected chi connectivity index (χ3v) is 4.66. The number of halogens is 1. The Bertz CT molecular complexity index is 565. The number of amides is 2. The summed E-state index contributed by atoms with van der Waals surface area (Å²) in [6.07, 6.45) is 3.62. The van der Waals surface area contributed by atoms with Gasteiger partial charge < -0.3 is 20.2 Å². The molecule has 24 heavy (non-hydrogen) atoms. The average Bonchev–Trinajstić information content (AvgIpc) is 2.54. The number of rotatable bonds is 5. The summed E-state index contributed by atoms with van der Waals surface area (Å²) in [6, 6.07) is 4.76. The van der Waals surface area contributed by atoms with Crippen LogP contribution < -0.4 is 10.2 Å². The summed E-state index contributed by atoms with van der Waals surface area (Å²) in [5.41, 5.74) is 1.24. The molecule has 5 nitrogen and oxygen atoms in total. The second-order valence-corrected chi connectivity index (χ2v) is 6.83. The van der Waals surface area contributed by atoms with Gasteiger partial charge in [-0.05, 0) is 30.5 Å². The van der Waals surface area contributed by atoms with Crippen LogP contribution in [0.15, 0.2) is 18.2 Å². The smallest absolute Gasteiger partial charge is 0.317 e. The Kier molecular flexibility index (Phi) is 6.43. The molecule has 2 rings (SSSR count). The molecule has 0 aromatic heterocycles. The summed E-state index contributed by atoms with van der Waals surface area (Å²) in [4.78, 5) is 15.5. The molecular weight excluding hydrogens is 309 g/mol. The maximum absolute atomic E-state index is 13.9. The first-order chi connectivity index (χ1) is 11.4. The maximum Gasteiger partial charge on any atom is 0.317 e. The van der Waals surface area contributed by atoms with Crippen LogP contribution in [0.3, 0.4) is 0 Å². The zero-order valence-corrected chi connectivity index (χ0v) is 14.8. The van der Waals surface area contributed by atoms with Crippen LogP contribution in [-0.4, -0.2) is 49.8 Å². The first-order valence-electron chi connectivity index (χ1n) is 8.51. The van der Waals surface area contributed by atoms with Crippen molar-refractivity contribution in [1.82, 2.24) is 10.2 Å². The molecule has 1 fully saturated rings. The van der Waals surface area contributed by atoms with Crippen LogP contribution in [0, 0.1) is 11.7 Å². The Labute approximate surface area is 143 Å². The predicted octanol–water partition coefficient (Wildman–Crippen LogP) is 2.58. The van der Waals surface area contributed by atoms with E-state index in [2.05, 4.69) is 5.32 Å². The lowest BCUT2D eigenvalue weighted by Crippen LogP contribution is -2.42. The SMILES string of the molecule is CN(CC1CCCCC1O)C(=O)NCc1ccc(N(C)C)c(F)c1. The zero-order chi connectivity index (χ0) is 17.7. The van der Waals surface area contributed by atoms with Crippen molar-refractivity contribution in [3.05, 3.63) is 29.6 Å². The molecule has 0 bridgehead atoms. The van der Waals surface area contributed by atoms with Crippen LogP contribution in [0.25, 0.3) is 0 Å². The van der Waals surface area contributed by atoms with Crippen molar-refractivity contribution in [3.63, 3.8) is 0 Å². The van der Waals surface area contributed by atoms with Gasteiger partial charge in [0.25, 0.3) is 0 Å². The minimum atomic E-state index is -0.318. The van der Waals surface area contributed by atoms with E-state index in [4.69, 9.17) is 0 Å². The third-order valence-electron chi connectivity index (χ3n) is 4.66. The first kappa shape index (κ1) is 18.5. The first-order valence-corrected chi connectivity index (χ1v) is 8.51. The van der Waals surface area contributed by atoms with Crippen molar-refractivity contribution in [1.29, 1.82) is 0 Å². The fourth-order valence-electron chi connectivity index (χ4n) is 3.17. The fourth-order valence-corrected chi connectivity index (χ4v) is 3.17. The van der Waals surface area contributed by atoms with Gasteiger partial charge in [0.1, 0.15) is 5.82 Å². The minimum absolute atomic E-state index is 0.145. The summed E-state index contributed by atoms with van der Waals surface area (Å²) in [6.45, 7) is 0.821. The molecule has 0 heterocycles. The number of hydrogen-bond acceptors (Lipinski definition) is 3. The Morgan fingerprint density at radius 3 is 2.62 bits per heavy atom. The van der Waals surface area contributed by atoms with Gasteiger partial charge in [-0.15, -0.1) is 0 Å². The minimum Gasteiger partial charge on any atom is -0.393 e. The quantitative estimate of drug-likeness (QED) is 0.868. The van der Waals surface area contributed by atoms with Gasteiger partial charge in [-0.25, -0.2) is 9.18 Å². The topological polar surface area (TPSA) is 55.8 Å². The number of hydrogen-bond donors (Lipinski definition) is 2. The molecule has 2 N–H and O–H groups in total. The highest BCUT2D eigenvalue weighted by molar-refractivity contribution is 5.73. The van der Waals surface area contributed by atoms with Crippen LogP contribution in [0.4, 0.5) is 14.9 Å². The summed E-state index contributed by atoms with van der Waals surface area (Å²) in [5.74, 6) is -0.156. The van der Waals surface area contributed by atoms with Gasteiger partial charge >= 0.3 is 6.03 Å². The van der Waals surface area contributed by atoms with Crippen molar-refractivity contribution >= 4 is 11.7 Å². The lowest BCUT2D eigenvalue weighted by Gasteiger charge is -2.31. The number of benzene rings is 1. The summed E-state index contributed by atoms with van der Waals surface area (Å²) in [5, 5.41) is 12.8. The van der Waals surface area contributed by atoms with E-state index in [0.717, 1.165) is 31.2 Å². The molecule has 1 aliphatic carbocycles. The van der Waals surface area contributed by atoms with Crippen LogP contribution in [0.5, 0.6) is 0 Å². The summed E-state index contributed by atoms with van der Waals surface area (Å²) < 4.78 is 13.9. The summed E-state index contributed by atoms with van der Waals surface area (Å²) in [7, 11) is 5.30. The van der Waals surface area contributed by atoms with Gasteiger partial charge in [0.2, 0.25) is 0 Å². The molecule has 134 valence electrons. The highest BCUT2D eigenvalue weighted by Gasteiger charge is 2.25. The monoisotopic (exact) mass is 337 g/mol. The number of anilines is 1. The molecular formula is C18H28FN3O2. The van der Waals surface area contributed by atoms with Crippen molar-refractivity contribution in [2.24, 2.45) is 5.92 Å². The van der Waals surface area contributed by atoms with Crippen molar-refractivity contribution < 1.29 is 14.3 Å². The Balaban J connectivity index is 1.84. The van der Waals surface area contributed by atoms with Gasteiger partial charge in [0.05, 0.1) is 11.8 Å². The number of aliphatic hydroxyl groups excluding tert-OH is 1. The highest BCUT2D eigenvalue weighted by Crippen LogP contribution is 2.25. The zero-order valence-electron chi connectivity index (χ0n) is 14.8. The summed E-state index contributed by atoms with van der Waals surface area (Å²) >= 11 is 0. The van der Waals surface area contributed by atoms with E-state index in [1.54, 1.807) is 37.0 Å². The maximum atomic E-state index is 13.9. The molecule has 0 spiro atoms. The number of nitrogens with zero attached hydrogens (tertiary/aromatic N) is 2. The van der Waals surface area contributed by atoms with E-state index >= 15 is 0 Å². The number of aliphatic hydroxyl groups is 1. The molecule has 0 saturated heterocycles. The van der Waals surface area contributed by atoms with E-state index in [1.807, 2.05) is 6.07 Å². The number of urea groups is 1. The second-order valence-electron chi connectivity index (χ2n) is 6.83. The number of carbonyl (C=O) groups excluding carboxylic acids is 1. The normalized spacial score (nSPS) is 20.5. The lowest BCUT2D eigenvalue weighted by molar-refractivity contribution is 0.0565. The fraction of sp³-hybridized carbons (Fsp3) is 0.611. The molecule has 1 saturated carbocycles. The van der Waals surface area contributed by atoms with E-state index in [1.165, 1.54) is 6.07 Å². The molecule has 6 heteroatoms. The molecule has 2 amide bonds. The van der Waals surface area contributed by atoms with Gasteiger partial charge in [-0.2, -0.15) is 0 Å². The predicted molar refractivity (Wildman–Crippen MR) is 93.6 cm³/mol. The van der Waals surface area contributed by atoms with Crippen LogP contribution in [0.1, 0.15) is 31.2 Å². The van der Waals surface area contributed by atoms with Gasteiger partial charge in [0.15, 0.2) is 0 Å². The Hall–Kier alpha value is -1.82. The number of carbonyl (C=O) groups is 1. The molecule has 2 atom stereocenters. The van der Waals surface area contributed by atoms with Crippen LogP contribution >= 0.6 is 0 Å². The number of nitrogens with one attached hydrogen (secondary N) is 1. The molecule has 1 aromatic rings. The van der Waals surface area contributed by atoms with Crippen LogP contribution in [-0.2, 0) is 6.54 Å².